The van der Waals surface area contributed by atoms with Gasteiger partial charge in [0.1, 0.15) is 30.0 Å². The summed E-state index contributed by atoms with van der Waals surface area (Å²) in [7, 11) is 0. The lowest BCUT2D eigenvalue weighted by molar-refractivity contribution is -0.0896. The highest BCUT2D eigenvalue weighted by molar-refractivity contribution is 5.32. The Morgan fingerprint density at radius 3 is 2.56 bits per heavy atom. The van der Waals surface area contributed by atoms with Crippen LogP contribution in [0.5, 0.6) is 0 Å². The minimum absolute atomic E-state index is 0.00386. The summed E-state index contributed by atoms with van der Waals surface area (Å²) in [6, 6.07) is 0. The molecule has 1 heterocycles. The third-order valence-corrected chi connectivity index (χ3v) is 8.62. The van der Waals surface area contributed by atoms with E-state index in [2.05, 4.69) is 33.4 Å². The summed E-state index contributed by atoms with van der Waals surface area (Å²) in [5.41, 5.74) is 0.538. The van der Waals surface area contributed by atoms with Crippen molar-refractivity contribution < 1.29 is 25.2 Å². The Kier molecular flexibility index (Phi) is 4.45. The third-order valence-electron chi connectivity index (χ3n) is 8.62. The summed E-state index contributed by atoms with van der Waals surface area (Å²) >= 11 is 0. The smallest absolute Gasteiger partial charge is 0.127 e. The van der Waals surface area contributed by atoms with Crippen molar-refractivity contribution in [2.75, 3.05) is 6.61 Å². The van der Waals surface area contributed by atoms with E-state index in [4.69, 9.17) is 4.74 Å². The zero-order valence-electron chi connectivity index (χ0n) is 16.7. The van der Waals surface area contributed by atoms with Gasteiger partial charge in [0, 0.05) is 6.61 Å². The van der Waals surface area contributed by atoms with Crippen molar-refractivity contribution >= 4 is 0 Å². The van der Waals surface area contributed by atoms with Gasteiger partial charge in [-0.05, 0) is 60.8 Å². The van der Waals surface area contributed by atoms with E-state index in [0.717, 1.165) is 25.7 Å². The Morgan fingerprint density at radius 1 is 1.19 bits per heavy atom. The van der Waals surface area contributed by atoms with Gasteiger partial charge in [-0.15, -0.1) is 0 Å². The highest BCUT2D eigenvalue weighted by Crippen LogP contribution is 2.63. The molecule has 3 aliphatic carbocycles. The molecule has 0 radical (unpaired) electrons. The lowest BCUT2D eigenvalue weighted by Gasteiger charge is -2.58. The van der Waals surface area contributed by atoms with Crippen LogP contribution >= 0.6 is 0 Å². The molecule has 1 aliphatic heterocycles. The molecule has 4 aliphatic rings. The lowest BCUT2D eigenvalue weighted by atomic mass is 9.47. The van der Waals surface area contributed by atoms with E-state index < -0.39 is 30.0 Å². The van der Waals surface area contributed by atoms with E-state index in [0.29, 0.717) is 12.3 Å². The van der Waals surface area contributed by atoms with E-state index in [1.807, 2.05) is 0 Å². The zero-order valence-corrected chi connectivity index (χ0v) is 16.7. The van der Waals surface area contributed by atoms with Crippen molar-refractivity contribution in [1.82, 2.24) is 0 Å². The van der Waals surface area contributed by atoms with Crippen molar-refractivity contribution in [1.29, 1.82) is 0 Å². The number of ether oxygens (including phenoxy) is 1. The third kappa shape index (κ3) is 2.55. The predicted octanol–water partition coefficient (Wildman–Crippen LogP) is 1.94. The number of aliphatic hydroxyl groups excluding tert-OH is 4. The number of rotatable bonds is 3. The number of hydrogen-bond acceptors (Lipinski definition) is 5. The normalized spacial score (nSPS) is 54.8. The molecule has 0 unspecified atom stereocenters. The van der Waals surface area contributed by atoms with Crippen LogP contribution in [0.3, 0.4) is 0 Å². The number of fused-ring (bicyclic) bond motifs is 2. The Labute approximate surface area is 161 Å². The molecular weight excluding hydrogens is 344 g/mol. The van der Waals surface area contributed by atoms with Gasteiger partial charge in [0.15, 0.2) is 0 Å². The molecule has 0 amide bonds. The van der Waals surface area contributed by atoms with E-state index in [-0.39, 0.29) is 28.9 Å². The Bertz CT molecular complexity index is 674. The van der Waals surface area contributed by atoms with Crippen LogP contribution in [0.2, 0.25) is 0 Å². The first kappa shape index (κ1) is 19.6. The molecule has 9 atom stereocenters. The van der Waals surface area contributed by atoms with Gasteiger partial charge in [-0.1, -0.05) is 38.5 Å². The second kappa shape index (κ2) is 6.14. The standard InChI is InChI=1S/C22H34O5/c1-12-6-7-15-20(3,11-23)8-5-9-21(15,4)14(12)10-22-18(26)16(24)13(2)17(25)19(22)27-22/h6,14-19,23-26H,2,5,7-11H2,1,3-4H3/t14-,15+,16-,17+,18-,19+,20-,21-,22-/m1/s1. The molecule has 0 spiro atoms. The van der Waals surface area contributed by atoms with Crippen LogP contribution in [0.1, 0.15) is 52.9 Å². The fourth-order valence-electron chi connectivity index (χ4n) is 6.75. The largest absolute Gasteiger partial charge is 0.396 e. The van der Waals surface area contributed by atoms with Gasteiger partial charge in [-0.3, -0.25) is 0 Å². The monoisotopic (exact) mass is 378 g/mol. The number of allylic oxidation sites excluding steroid dienone is 2. The molecule has 0 bridgehead atoms. The van der Waals surface area contributed by atoms with Crippen LogP contribution in [0.4, 0.5) is 0 Å². The van der Waals surface area contributed by atoms with E-state index >= 15 is 0 Å². The van der Waals surface area contributed by atoms with Crippen molar-refractivity contribution in [3.8, 4) is 0 Å². The summed E-state index contributed by atoms with van der Waals surface area (Å²) in [5.74, 6) is 0.560. The fourth-order valence-corrected chi connectivity index (χ4v) is 6.75. The van der Waals surface area contributed by atoms with E-state index in [1.54, 1.807) is 0 Å². The average Bonchev–Trinajstić information content (AvgIpc) is 3.37. The van der Waals surface area contributed by atoms with Gasteiger partial charge in [-0.2, -0.15) is 0 Å². The first-order chi connectivity index (χ1) is 12.6. The average molecular weight is 379 g/mol. The number of epoxide rings is 1. The molecule has 1 saturated heterocycles. The first-order valence-electron chi connectivity index (χ1n) is 10.3. The van der Waals surface area contributed by atoms with Gasteiger partial charge >= 0.3 is 0 Å². The maximum Gasteiger partial charge on any atom is 0.127 e. The summed E-state index contributed by atoms with van der Waals surface area (Å²) in [6.45, 7) is 10.6. The summed E-state index contributed by atoms with van der Waals surface area (Å²) in [4.78, 5) is 0. The van der Waals surface area contributed by atoms with Crippen LogP contribution in [0.15, 0.2) is 23.8 Å². The van der Waals surface area contributed by atoms with Crippen molar-refractivity contribution in [2.45, 2.75) is 82.9 Å². The number of aliphatic hydroxyl groups is 4. The fraction of sp³-hybridized carbons (Fsp3) is 0.818. The molecule has 152 valence electrons. The predicted molar refractivity (Wildman–Crippen MR) is 102 cm³/mol. The maximum absolute atomic E-state index is 10.8. The molecule has 3 fully saturated rings. The SMILES string of the molecule is C=C1[C@@H](O)[C@@H](O)[C@@]2(C[C@@H]3C(C)=CC[C@H]4[C@@](C)(CO)CCC[C@]34C)O[C@H]2[C@H]1O. The van der Waals surface area contributed by atoms with Gasteiger partial charge in [0.2, 0.25) is 0 Å². The van der Waals surface area contributed by atoms with Gasteiger partial charge < -0.3 is 25.2 Å². The van der Waals surface area contributed by atoms with Gasteiger partial charge in [-0.25, -0.2) is 0 Å². The molecule has 4 N–H and O–H groups in total. The molecule has 2 saturated carbocycles. The molecule has 0 aromatic rings. The maximum atomic E-state index is 10.8. The summed E-state index contributed by atoms with van der Waals surface area (Å²) in [6.07, 6.45) is 3.37. The Morgan fingerprint density at radius 2 is 1.89 bits per heavy atom. The van der Waals surface area contributed by atoms with Crippen LogP contribution in [-0.4, -0.2) is 57.0 Å². The summed E-state index contributed by atoms with van der Waals surface area (Å²) in [5, 5.41) is 41.6. The van der Waals surface area contributed by atoms with Crippen molar-refractivity contribution in [3.63, 3.8) is 0 Å². The number of hydrogen-bond donors (Lipinski definition) is 4. The van der Waals surface area contributed by atoms with Crippen LogP contribution < -0.4 is 0 Å². The molecule has 0 aromatic carbocycles. The zero-order chi connectivity index (χ0) is 19.8. The minimum Gasteiger partial charge on any atom is -0.396 e. The Balaban J connectivity index is 1.67. The quantitative estimate of drug-likeness (QED) is 0.445. The molecule has 27 heavy (non-hydrogen) atoms. The molecule has 0 aromatic heterocycles. The van der Waals surface area contributed by atoms with Crippen molar-refractivity contribution in [3.05, 3.63) is 23.8 Å². The second-order valence-electron chi connectivity index (χ2n) is 10.1. The molecule has 5 heteroatoms. The van der Waals surface area contributed by atoms with Crippen LogP contribution in [-0.2, 0) is 4.74 Å². The highest BCUT2D eigenvalue weighted by atomic mass is 16.6. The topological polar surface area (TPSA) is 93.5 Å². The van der Waals surface area contributed by atoms with Crippen LogP contribution in [0, 0.1) is 22.7 Å². The first-order valence-corrected chi connectivity index (χ1v) is 10.3. The minimum atomic E-state index is -1.16. The van der Waals surface area contributed by atoms with Gasteiger partial charge in [0.05, 0.1) is 0 Å². The van der Waals surface area contributed by atoms with Crippen LogP contribution in [0.25, 0.3) is 0 Å². The van der Waals surface area contributed by atoms with E-state index in [9.17, 15) is 20.4 Å². The van der Waals surface area contributed by atoms with E-state index in [1.165, 1.54) is 5.57 Å². The highest BCUT2D eigenvalue weighted by Gasteiger charge is 2.71. The molecule has 4 rings (SSSR count). The van der Waals surface area contributed by atoms with Crippen molar-refractivity contribution in [2.24, 2.45) is 22.7 Å². The molecule has 5 nitrogen and oxygen atoms in total. The second-order valence-corrected chi connectivity index (χ2v) is 10.1. The van der Waals surface area contributed by atoms with Gasteiger partial charge in [0.25, 0.3) is 0 Å². The summed E-state index contributed by atoms with van der Waals surface area (Å²) < 4.78 is 5.89. The molecular formula is C22H34O5. The lowest BCUT2D eigenvalue weighted by Crippen LogP contribution is -2.56. The Hall–Kier alpha value is -0.720.